The molecule has 1 aliphatic rings. The van der Waals surface area contributed by atoms with Crippen LogP contribution in [0.5, 0.6) is 0 Å². The summed E-state index contributed by atoms with van der Waals surface area (Å²) in [5.41, 5.74) is -0.480. The smallest absolute Gasteiger partial charge is 0.326 e. The van der Waals surface area contributed by atoms with Crippen LogP contribution < -0.4 is 5.32 Å². The van der Waals surface area contributed by atoms with E-state index in [2.05, 4.69) is 5.32 Å². The Bertz CT molecular complexity index is 216. The van der Waals surface area contributed by atoms with Gasteiger partial charge in [-0.3, -0.25) is 10.1 Å². The molecule has 1 saturated heterocycles. The Morgan fingerprint density at radius 3 is 2.67 bits per heavy atom. The van der Waals surface area contributed by atoms with Crippen LogP contribution in [0.2, 0.25) is 0 Å². The first kappa shape index (κ1) is 12.4. The molecule has 0 saturated carbocycles. The van der Waals surface area contributed by atoms with Gasteiger partial charge in [-0.15, -0.1) is 0 Å². The van der Waals surface area contributed by atoms with Crippen molar-refractivity contribution in [3.8, 4) is 0 Å². The van der Waals surface area contributed by atoms with Crippen LogP contribution in [0, 0.1) is 0 Å². The third-order valence-corrected chi connectivity index (χ3v) is 1.99. The SMILES string of the molecule is CC(C)(C)OC(=O)C1COC(CO)CN1. The second kappa shape index (κ2) is 4.92. The standard InChI is InChI=1S/C10H19NO4/c1-10(2,3)15-9(13)8-6-14-7(5-12)4-11-8/h7-8,11-12H,4-6H2,1-3H3. The van der Waals surface area contributed by atoms with Crippen LogP contribution in [-0.2, 0) is 14.3 Å². The number of rotatable bonds is 2. The van der Waals surface area contributed by atoms with Crippen molar-refractivity contribution in [2.45, 2.75) is 38.5 Å². The van der Waals surface area contributed by atoms with Crippen LogP contribution in [-0.4, -0.2) is 48.6 Å². The summed E-state index contributed by atoms with van der Waals surface area (Å²) in [6.45, 7) is 6.16. The maximum Gasteiger partial charge on any atom is 0.326 e. The lowest BCUT2D eigenvalue weighted by Gasteiger charge is -2.30. The van der Waals surface area contributed by atoms with E-state index in [9.17, 15) is 4.79 Å². The van der Waals surface area contributed by atoms with E-state index in [0.717, 1.165) is 0 Å². The van der Waals surface area contributed by atoms with E-state index in [1.165, 1.54) is 0 Å². The van der Waals surface area contributed by atoms with Crippen molar-refractivity contribution in [1.82, 2.24) is 5.32 Å². The molecule has 0 spiro atoms. The number of aliphatic hydroxyl groups excluding tert-OH is 1. The predicted molar refractivity (Wildman–Crippen MR) is 54.5 cm³/mol. The fourth-order valence-electron chi connectivity index (χ4n) is 1.27. The Kier molecular flexibility index (Phi) is 4.07. The molecule has 0 bridgehead atoms. The summed E-state index contributed by atoms with van der Waals surface area (Å²) in [7, 11) is 0. The second-order valence-electron chi connectivity index (χ2n) is 4.63. The van der Waals surface area contributed by atoms with Crippen molar-refractivity contribution < 1.29 is 19.4 Å². The summed E-state index contributed by atoms with van der Waals surface area (Å²) >= 11 is 0. The van der Waals surface area contributed by atoms with Gasteiger partial charge in [-0.25, -0.2) is 0 Å². The van der Waals surface area contributed by atoms with Gasteiger partial charge in [0, 0.05) is 6.54 Å². The largest absolute Gasteiger partial charge is 0.459 e. The van der Waals surface area contributed by atoms with Crippen LogP contribution in [0.4, 0.5) is 0 Å². The van der Waals surface area contributed by atoms with Gasteiger partial charge < -0.3 is 14.6 Å². The molecule has 2 N–H and O–H groups in total. The molecule has 2 atom stereocenters. The van der Waals surface area contributed by atoms with Gasteiger partial charge in [0.05, 0.1) is 19.3 Å². The van der Waals surface area contributed by atoms with Gasteiger partial charge in [0.1, 0.15) is 11.6 Å². The first-order chi connectivity index (χ1) is 6.92. The highest BCUT2D eigenvalue weighted by atomic mass is 16.6. The highest BCUT2D eigenvalue weighted by Crippen LogP contribution is 2.10. The summed E-state index contributed by atoms with van der Waals surface area (Å²) in [4.78, 5) is 11.6. The lowest BCUT2D eigenvalue weighted by atomic mass is 10.2. The quantitative estimate of drug-likeness (QED) is 0.620. The van der Waals surface area contributed by atoms with E-state index in [4.69, 9.17) is 14.6 Å². The average Bonchev–Trinajstić information content (AvgIpc) is 2.15. The number of ether oxygens (including phenoxy) is 2. The minimum Gasteiger partial charge on any atom is -0.459 e. The van der Waals surface area contributed by atoms with Crippen molar-refractivity contribution in [3.05, 3.63) is 0 Å². The van der Waals surface area contributed by atoms with Crippen molar-refractivity contribution in [3.63, 3.8) is 0 Å². The molecule has 0 aromatic heterocycles. The minimum absolute atomic E-state index is 0.0337. The van der Waals surface area contributed by atoms with Crippen molar-refractivity contribution >= 4 is 5.97 Å². The highest BCUT2D eigenvalue weighted by Gasteiger charge is 2.29. The average molecular weight is 217 g/mol. The van der Waals surface area contributed by atoms with Crippen LogP contribution >= 0.6 is 0 Å². The molecule has 88 valence electrons. The molecule has 1 fully saturated rings. The van der Waals surface area contributed by atoms with Gasteiger partial charge in [0.15, 0.2) is 0 Å². The Hall–Kier alpha value is -0.650. The second-order valence-corrected chi connectivity index (χ2v) is 4.63. The number of aliphatic hydroxyl groups is 1. The highest BCUT2D eigenvalue weighted by molar-refractivity contribution is 5.76. The molecule has 2 unspecified atom stereocenters. The van der Waals surface area contributed by atoms with E-state index < -0.39 is 11.6 Å². The van der Waals surface area contributed by atoms with Crippen molar-refractivity contribution in [2.75, 3.05) is 19.8 Å². The zero-order valence-corrected chi connectivity index (χ0v) is 9.45. The third kappa shape index (κ3) is 4.15. The van der Waals surface area contributed by atoms with Crippen LogP contribution in [0.1, 0.15) is 20.8 Å². The van der Waals surface area contributed by atoms with Gasteiger partial charge in [0.25, 0.3) is 0 Å². The first-order valence-electron chi connectivity index (χ1n) is 5.11. The topological polar surface area (TPSA) is 67.8 Å². The Labute approximate surface area is 89.8 Å². The van der Waals surface area contributed by atoms with Gasteiger partial charge in [-0.05, 0) is 20.8 Å². The molecule has 0 aliphatic carbocycles. The summed E-state index contributed by atoms with van der Waals surface area (Å²) in [6.07, 6.45) is -0.219. The number of esters is 1. The molecular weight excluding hydrogens is 198 g/mol. The van der Waals surface area contributed by atoms with Gasteiger partial charge in [-0.1, -0.05) is 0 Å². The molecule has 1 rings (SSSR count). The number of morpholine rings is 1. The molecule has 0 radical (unpaired) electrons. The van der Waals surface area contributed by atoms with Crippen molar-refractivity contribution in [1.29, 1.82) is 0 Å². The van der Waals surface area contributed by atoms with E-state index in [-0.39, 0.29) is 25.3 Å². The zero-order chi connectivity index (χ0) is 11.5. The molecule has 5 nitrogen and oxygen atoms in total. The summed E-state index contributed by atoms with van der Waals surface area (Å²) in [5.74, 6) is -0.307. The molecule has 15 heavy (non-hydrogen) atoms. The fourth-order valence-corrected chi connectivity index (χ4v) is 1.27. The molecule has 1 heterocycles. The number of nitrogens with one attached hydrogen (secondary N) is 1. The Balaban J connectivity index is 2.37. The Morgan fingerprint density at radius 2 is 2.27 bits per heavy atom. The lowest BCUT2D eigenvalue weighted by molar-refractivity contribution is -0.162. The molecule has 5 heteroatoms. The molecule has 1 aliphatic heterocycles. The fraction of sp³-hybridized carbons (Fsp3) is 0.900. The van der Waals surface area contributed by atoms with Crippen molar-refractivity contribution in [2.24, 2.45) is 0 Å². The Morgan fingerprint density at radius 1 is 1.60 bits per heavy atom. The van der Waals surface area contributed by atoms with Crippen LogP contribution in [0.3, 0.4) is 0 Å². The van der Waals surface area contributed by atoms with Gasteiger partial charge >= 0.3 is 5.97 Å². The number of carbonyl (C=O) groups excluding carboxylic acids is 1. The summed E-state index contributed by atoms with van der Waals surface area (Å²) < 4.78 is 10.5. The lowest BCUT2D eigenvalue weighted by Crippen LogP contribution is -2.53. The number of hydrogen-bond acceptors (Lipinski definition) is 5. The van der Waals surface area contributed by atoms with E-state index in [0.29, 0.717) is 6.54 Å². The molecule has 0 aromatic carbocycles. The molecule has 0 amide bonds. The van der Waals surface area contributed by atoms with E-state index in [1.54, 1.807) is 0 Å². The van der Waals surface area contributed by atoms with Crippen LogP contribution in [0.15, 0.2) is 0 Å². The van der Waals surface area contributed by atoms with Gasteiger partial charge in [0.2, 0.25) is 0 Å². The molecule has 0 aromatic rings. The first-order valence-corrected chi connectivity index (χ1v) is 5.11. The molecular formula is C10H19NO4. The number of carbonyl (C=O) groups is 1. The zero-order valence-electron chi connectivity index (χ0n) is 9.45. The minimum atomic E-state index is -0.480. The van der Waals surface area contributed by atoms with Crippen LogP contribution in [0.25, 0.3) is 0 Å². The monoisotopic (exact) mass is 217 g/mol. The predicted octanol–water partition coefficient (Wildman–Crippen LogP) is -0.323. The normalized spacial score (nSPS) is 27.5. The van der Waals surface area contributed by atoms with Gasteiger partial charge in [-0.2, -0.15) is 0 Å². The van der Waals surface area contributed by atoms with E-state index >= 15 is 0 Å². The maximum absolute atomic E-state index is 11.6. The maximum atomic E-state index is 11.6. The summed E-state index contributed by atoms with van der Waals surface area (Å²) in [6, 6.07) is -0.424. The summed E-state index contributed by atoms with van der Waals surface area (Å²) in [5, 5.41) is 11.8. The van der Waals surface area contributed by atoms with E-state index in [1.807, 2.05) is 20.8 Å². The number of hydrogen-bond donors (Lipinski definition) is 2. The third-order valence-electron chi connectivity index (χ3n) is 1.99.